The second-order valence-electron chi connectivity index (χ2n) is 3.74. The Labute approximate surface area is 93.8 Å². The SMILES string of the molecule is CN1CCN(C(C#N)c2nccs2)CC1. The molecule has 2 rings (SSSR count). The Morgan fingerprint density at radius 1 is 1.47 bits per heavy atom. The van der Waals surface area contributed by atoms with Gasteiger partial charge in [0.05, 0.1) is 6.07 Å². The zero-order valence-electron chi connectivity index (χ0n) is 8.76. The van der Waals surface area contributed by atoms with Gasteiger partial charge in [0.1, 0.15) is 5.01 Å². The lowest BCUT2D eigenvalue weighted by Crippen LogP contribution is -2.45. The second kappa shape index (κ2) is 4.71. The average Bonchev–Trinajstić information content (AvgIpc) is 2.75. The molecule has 1 aromatic rings. The Hall–Kier alpha value is -0.960. The first-order chi connectivity index (χ1) is 7.31. The summed E-state index contributed by atoms with van der Waals surface area (Å²) in [7, 11) is 2.11. The summed E-state index contributed by atoms with van der Waals surface area (Å²) in [5.74, 6) is 0. The van der Waals surface area contributed by atoms with Crippen molar-refractivity contribution < 1.29 is 0 Å². The normalized spacial score (nSPS) is 21.1. The fraction of sp³-hybridized carbons (Fsp3) is 0.600. The third-order valence-corrected chi connectivity index (χ3v) is 3.54. The molecule has 0 spiro atoms. The summed E-state index contributed by atoms with van der Waals surface area (Å²) >= 11 is 1.56. The van der Waals surface area contributed by atoms with Crippen LogP contribution in [0.4, 0.5) is 0 Å². The molecule has 0 saturated carbocycles. The van der Waals surface area contributed by atoms with Gasteiger partial charge in [-0.25, -0.2) is 4.98 Å². The molecule has 0 aliphatic carbocycles. The Morgan fingerprint density at radius 3 is 2.73 bits per heavy atom. The minimum Gasteiger partial charge on any atom is -0.304 e. The summed E-state index contributed by atoms with van der Waals surface area (Å²) in [6.07, 6.45) is 1.76. The Kier molecular flexibility index (Phi) is 3.31. The topological polar surface area (TPSA) is 43.2 Å². The van der Waals surface area contributed by atoms with Crippen molar-refractivity contribution in [3.8, 4) is 6.07 Å². The van der Waals surface area contributed by atoms with Gasteiger partial charge in [-0.3, -0.25) is 4.90 Å². The lowest BCUT2D eigenvalue weighted by molar-refractivity contribution is 0.132. The quantitative estimate of drug-likeness (QED) is 0.747. The summed E-state index contributed by atoms with van der Waals surface area (Å²) in [6.45, 7) is 3.97. The van der Waals surface area contributed by atoms with Gasteiger partial charge in [-0.1, -0.05) is 0 Å². The van der Waals surface area contributed by atoms with Crippen molar-refractivity contribution in [3.05, 3.63) is 16.6 Å². The van der Waals surface area contributed by atoms with Crippen LogP contribution in [-0.4, -0.2) is 48.0 Å². The van der Waals surface area contributed by atoms with E-state index in [1.165, 1.54) is 0 Å². The van der Waals surface area contributed by atoms with Crippen LogP contribution in [0, 0.1) is 11.3 Å². The molecule has 1 unspecified atom stereocenters. The molecule has 4 nitrogen and oxygen atoms in total. The van der Waals surface area contributed by atoms with Gasteiger partial charge in [0.15, 0.2) is 6.04 Å². The molecule has 15 heavy (non-hydrogen) atoms. The Balaban J connectivity index is 2.05. The highest BCUT2D eigenvalue weighted by Crippen LogP contribution is 2.22. The molecule has 80 valence electrons. The molecule has 0 aromatic carbocycles. The molecule has 0 N–H and O–H groups in total. The van der Waals surface area contributed by atoms with E-state index in [1.807, 2.05) is 5.38 Å². The molecule has 5 heteroatoms. The van der Waals surface area contributed by atoms with Crippen LogP contribution in [0.15, 0.2) is 11.6 Å². The van der Waals surface area contributed by atoms with E-state index < -0.39 is 0 Å². The lowest BCUT2D eigenvalue weighted by Gasteiger charge is -2.34. The van der Waals surface area contributed by atoms with Crippen molar-refractivity contribution in [3.63, 3.8) is 0 Å². The first kappa shape index (κ1) is 10.6. The van der Waals surface area contributed by atoms with E-state index >= 15 is 0 Å². The third-order valence-electron chi connectivity index (χ3n) is 2.71. The summed E-state index contributed by atoms with van der Waals surface area (Å²) < 4.78 is 0. The highest BCUT2D eigenvalue weighted by molar-refractivity contribution is 7.09. The van der Waals surface area contributed by atoms with Crippen LogP contribution in [-0.2, 0) is 0 Å². The maximum absolute atomic E-state index is 9.18. The number of nitriles is 1. The van der Waals surface area contributed by atoms with Crippen molar-refractivity contribution in [1.29, 1.82) is 5.26 Å². The van der Waals surface area contributed by atoms with Gasteiger partial charge in [-0.15, -0.1) is 11.3 Å². The minimum absolute atomic E-state index is 0.154. The van der Waals surface area contributed by atoms with Gasteiger partial charge in [-0.2, -0.15) is 5.26 Å². The smallest absolute Gasteiger partial charge is 0.150 e. The van der Waals surface area contributed by atoms with Crippen LogP contribution in [0.25, 0.3) is 0 Å². The first-order valence-electron chi connectivity index (χ1n) is 5.03. The van der Waals surface area contributed by atoms with Crippen LogP contribution in [0.2, 0.25) is 0 Å². The maximum atomic E-state index is 9.18. The van der Waals surface area contributed by atoms with E-state index in [0.717, 1.165) is 31.2 Å². The van der Waals surface area contributed by atoms with Crippen LogP contribution >= 0.6 is 11.3 Å². The number of hydrogen-bond donors (Lipinski definition) is 0. The predicted molar refractivity (Wildman–Crippen MR) is 59.5 cm³/mol. The molecule has 0 amide bonds. The van der Waals surface area contributed by atoms with Crippen LogP contribution in [0.5, 0.6) is 0 Å². The highest BCUT2D eigenvalue weighted by atomic mass is 32.1. The van der Waals surface area contributed by atoms with Crippen molar-refractivity contribution in [2.24, 2.45) is 0 Å². The lowest BCUT2D eigenvalue weighted by atomic mass is 10.2. The second-order valence-corrected chi connectivity index (χ2v) is 4.67. The summed E-state index contributed by atoms with van der Waals surface area (Å²) in [6, 6.07) is 2.19. The molecule has 1 saturated heterocycles. The number of aromatic nitrogens is 1. The van der Waals surface area contributed by atoms with E-state index in [9.17, 15) is 5.26 Å². The van der Waals surface area contributed by atoms with Gasteiger partial charge < -0.3 is 4.90 Å². The molecule has 2 heterocycles. The van der Waals surface area contributed by atoms with Gasteiger partial charge in [0, 0.05) is 37.8 Å². The van der Waals surface area contributed by atoms with Gasteiger partial charge in [-0.05, 0) is 7.05 Å². The van der Waals surface area contributed by atoms with Crippen LogP contribution in [0.3, 0.4) is 0 Å². The number of nitrogens with zero attached hydrogens (tertiary/aromatic N) is 4. The molecular weight excluding hydrogens is 208 g/mol. The van der Waals surface area contributed by atoms with Crippen molar-refractivity contribution >= 4 is 11.3 Å². The number of rotatable bonds is 2. The number of piperazine rings is 1. The third kappa shape index (κ3) is 2.34. The standard InChI is InChI=1S/C10H14N4S/c1-13-3-5-14(6-4-13)9(8-11)10-12-2-7-15-10/h2,7,9H,3-6H2,1H3. The van der Waals surface area contributed by atoms with Crippen LogP contribution < -0.4 is 0 Å². The molecule has 1 atom stereocenters. The molecule has 1 aliphatic rings. The minimum atomic E-state index is -0.154. The monoisotopic (exact) mass is 222 g/mol. The van der Waals surface area contributed by atoms with E-state index in [1.54, 1.807) is 17.5 Å². The molecule has 1 aliphatic heterocycles. The van der Waals surface area contributed by atoms with E-state index in [4.69, 9.17) is 0 Å². The molecular formula is C10H14N4S. The highest BCUT2D eigenvalue weighted by Gasteiger charge is 2.25. The van der Waals surface area contributed by atoms with Gasteiger partial charge in [0.2, 0.25) is 0 Å². The predicted octanol–water partition coefficient (Wildman–Crippen LogP) is 0.955. The average molecular weight is 222 g/mol. The van der Waals surface area contributed by atoms with Gasteiger partial charge >= 0.3 is 0 Å². The Morgan fingerprint density at radius 2 is 2.20 bits per heavy atom. The number of hydrogen-bond acceptors (Lipinski definition) is 5. The first-order valence-corrected chi connectivity index (χ1v) is 5.91. The fourth-order valence-corrected chi connectivity index (χ4v) is 2.46. The zero-order valence-corrected chi connectivity index (χ0v) is 9.57. The Bertz CT molecular complexity index is 335. The molecule has 0 radical (unpaired) electrons. The van der Waals surface area contributed by atoms with E-state index in [0.29, 0.717) is 0 Å². The van der Waals surface area contributed by atoms with E-state index in [-0.39, 0.29) is 6.04 Å². The van der Waals surface area contributed by atoms with Crippen molar-refractivity contribution in [2.45, 2.75) is 6.04 Å². The zero-order chi connectivity index (χ0) is 10.7. The number of thiazole rings is 1. The van der Waals surface area contributed by atoms with Crippen molar-refractivity contribution in [2.75, 3.05) is 33.2 Å². The largest absolute Gasteiger partial charge is 0.304 e. The molecule has 0 bridgehead atoms. The summed E-state index contributed by atoms with van der Waals surface area (Å²) in [5.41, 5.74) is 0. The van der Waals surface area contributed by atoms with Crippen LogP contribution in [0.1, 0.15) is 11.0 Å². The van der Waals surface area contributed by atoms with Crippen molar-refractivity contribution in [1.82, 2.24) is 14.8 Å². The van der Waals surface area contributed by atoms with Gasteiger partial charge in [0.25, 0.3) is 0 Å². The summed E-state index contributed by atoms with van der Waals surface area (Å²) in [4.78, 5) is 8.71. The molecule has 1 aromatic heterocycles. The molecule has 1 fully saturated rings. The summed E-state index contributed by atoms with van der Waals surface area (Å²) in [5, 5.41) is 12.0. The fourth-order valence-electron chi connectivity index (χ4n) is 1.74. The van der Waals surface area contributed by atoms with E-state index in [2.05, 4.69) is 27.9 Å². The number of likely N-dealkylation sites (N-methyl/N-ethyl adjacent to an activating group) is 1. The maximum Gasteiger partial charge on any atom is 0.150 e.